The van der Waals surface area contributed by atoms with Crippen LogP contribution >= 0.6 is 0 Å². The zero-order valence-corrected chi connectivity index (χ0v) is 16.3. The van der Waals surface area contributed by atoms with Crippen molar-refractivity contribution < 1.29 is 27.8 Å². The van der Waals surface area contributed by atoms with E-state index in [1.165, 1.54) is 24.3 Å². The van der Waals surface area contributed by atoms with Crippen LogP contribution in [0.2, 0.25) is 0 Å². The normalized spacial score (nSPS) is 12.6. The van der Waals surface area contributed by atoms with Crippen molar-refractivity contribution in [2.24, 2.45) is 7.05 Å². The van der Waals surface area contributed by atoms with Crippen LogP contribution in [0.4, 0.5) is 13.2 Å². The lowest BCUT2D eigenvalue weighted by atomic mass is 9.94. The van der Waals surface area contributed by atoms with Gasteiger partial charge >= 0.3 is 6.36 Å². The Kier molecular flexibility index (Phi) is 5.84. The van der Waals surface area contributed by atoms with Gasteiger partial charge in [-0.3, -0.25) is 4.79 Å². The number of hydrogen-bond donors (Lipinski definition) is 2. The predicted molar refractivity (Wildman–Crippen MR) is 106 cm³/mol. The third-order valence-electron chi connectivity index (χ3n) is 4.57. The average molecular weight is 419 g/mol. The van der Waals surface area contributed by atoms with E-state index < -0.39 is 12.5 Å². The molecule has 9 heteroatoms. The number of ether oxygens (including phenoxy) is 1. The quantitative estimate of drug-likeness (QED) is 0.593. The summed E-state index contributed by atoms with van der Waals surface area (Å²) >= 11 is 0. The van der Waals surface area contributed by atoms with Crippen LogP contribution in [0.15, 0.2) is 49.3 Å². The highest BCUT2D eigenvalue weighted by Crippen LogP contribution is 2.36. The van der Waals surface area contributed by atoms with E-state index in [0.717, 1.165) is 6.08 Å². The van der Waals surface area contributed by atoms with Crippen molar-refractivity contribution in [1.29, 1.82) is 0 Å². The van der Waals surface area contributed by atoms with E-state index in [0.29, 0.717) is 33.3 Å². The summed E-state index contributed by atoms with van der Waals surface area (Å²) in [6.45, 7) is 5.17. The smallest absolute Gasteiger partial charge is 0.406 e. The summed E-state index contributed by atoms with van der Waals surface area (Å²) in [6, 6.07) is 7.20. The van der Waals surface area contributed by atoms with Crippen molar-refractivity contribution in [3.63, 3.8) is 0 Å². The van der Waals surface area contributed by atoms with Crippen molar-refractivity contribution in [3.05, 3.63) is 60.4 Å². The number of aliphatic hydroxyl groups is 1. The molecule has 2 N–H and O–H groups in total. The number of hydrogen-bond acceptors (Lipinski definition) is 4. The van der Waals surface area contributed by atoms with Gasteiger partial charge in [-0.25, -0.2) is 4.98 Å². The van der Waals surface area contributed by atoms with Crippen molar-refractivity contribution >= 4 is 16.9 Å². The van der Waals surface area contributed by atoms with Crippen LogP contribution in [0.1, 0.15) is 24.2 Å². The lowest BCUT2D eigenvalue weighted by Gasteiger charge is -2.18. The largest absolute Gasteiger partial charge is 0.573 e. The highest BCUT2D eigenvalue weighted by Gasteiger charge is 2.31. The minimum atomic E-state index is -4.77. The molecule has 1 heterocycles. The Hall–Kier alpha value is -3.33. The highest BCUT2D eigenvalue weighted by atomic mass is 19.4. The average Bonchev–Trinajstić information content (AvgIpc) is 3.06. The number of benzene rings is 2. The van der Waals surface area contributed by atoms with E-state index in [9.17, 15) is 23.1 Å². The van der Waals surface area contributed by atoms with Gasteiger partial charge in [0.05, 0.1) is 23.5 Å². The number of carbonyl (C=O) groups excluding carboxylic acids is 1. The fraction of sp³-hybridized carbons (Fsp3) is 0.238. The standard InChI is InChI=1S/C21H20F3N3O3/c1-4-17(29)25-10-14-9-16(13-5-7-15(8-6-13)30-21(22,23)24)19-20(18(14)12(2)28)27(3)11-26-19/h4-9,11-12,28H,1,10H2,2-3H3,(H,25,29)/t12-/m0/s1. The highest BCUT2D eigenvalue weighted by molar-refractivity contribution is 5.95. The number of nitrogens with one attached hydrogen (secondary N) is 1. The maximum absolute atomic E-state index is 12.4. The molecule has 0 aliphatic heterocycles. The van der Waals surface area contributed by atoms with Gasteiger partial charge in [0.1, 0.15) is 5.75 Å². The second kappa shape index (κ2) is 8.19. The van der Waals surface area contributed by atoms with Gasteiger partial charge in [-0.05, 0) is 42.3 Å². The van der Waals surface area contributed by atoms with Gasteiger partial charge in [-0.1, -0.05) is 18.7 Å². The number of alkyl halides is 3. The van der Waals surface area contributed by atoms with Crippen LogP contribution in [0.5, 0.6) is 5.75 Å². The molecular formula is C21H20F3N3O3. The summed E-state index contributed by atoms with van der Waals surface area (Å²) < 4.78 is 43.0. The molecule has 1 atom stereocenters. The fourth-order valence-electron chi connectivity index (χ4n) is 3.34. The Morgan fingerprint density at radius 2 is 2.03 bits per heavy atom. The molecule has 30 heavy (non-hydrogen) atoms. The van der Waals surface area contributed by atoms with Crippen LogP contribution in [0, 0.1) is 0 Å². The molecule has 158 valence electrons. The molecule has 0 fully saturated rings. The molecule has 1 aromatic heterocycles. The lowest BCUT2D eigenvalue weighted by Crippen LogP contribution is -2.21. The molecule has 0 aliphatic carbocycles. The zero-order chi connectivity index (χ0) is 22.1. The predicted octanol–water partition coefficient (Wildman–Crippen LogP) is 3.99. The number of imidazole rings is 1. The van der Waals surface area contributed by atoms with Gasteiger partial charge in [-0.2, -0.15) is 0 Å². The van der Waals surface area contributed by atoms with Gasteiger partial charge in [0, 0.05) is 24.7 Å². The second-order valence-electron chi connectivity index (χ2n) is 6.72. The molecule has 2 aromatic carbocycles. The van der Waals surface area contributed by atoms with E-state index in [4.69, 9.17) is 0 Å². The topological polar surface area (TPSA) is 76.4 Å². The van der Waals surface area contributed by atoms with Gasteiger partial charge in [0.25, 0.3) is 0 Å². The number of fused-ring (bicyclic) bond motifs is 1. The monoisotopic (exact) mass is 419 g/mol. The van der Waals surface area contributed by atoms with Gasteiger partial charge < -0.3 is 19.7 Å². The molecule has 6 nitrogen and oxygen atoms in total. The molecule has 0 unspecified atom stereocenters. The van der Waals surface area contributed by atoms with Crippen LogP contribution in [0.3, 0.4) is 0 Å². The molecular weight excluding hydrogens is 399 g/mol. The summed E-state index contributed by atoms with van der Waals surface area (Å²) in [5.41, 5.74) is 3.77. The number of halogens is 3. The number of aliphatic hydroxyl groups excluding tert-OH is 1. The summed E-state index contributed by atoms with van der Waals surface area (Å²) in [5.74, 6) is -0.700. The van der Waals surface area contributed by atoms with Gasteiger partial charge in [-0.15, -0.1) is 13.2 Å². The number of aromatic nitrogens is 2. The third-order valence-corrected chi connectivity index (χ3v) is 4.57. The Morgan fingerprint density at radius 3 is 2.60 bits per heavy atom. The lowest BCUT2D eigenvalue weighted by molar-refractivity contribution is -0.274. The molecule has 3 aromatic rings. The number of carbonyl (C=O) groups is 1. The molecule has 0 saturated carbocycles. The van der Waals surface area contributed by atoms with Crippen molar-refractivity contribution in [2.75, 3.05) is 0 Å². The van der Waals surface area contributed by atoms with Crippen molar-refractivity contribution in [1.82, 2.24) is 14.9 Å². The van der Waals surface area contributed by atoms with E-state index >= 15 is 0 Å². The summed E-state index contributed by atoms with van der Waals surface area (Å²) in [5, 5.41) is 13.1. The first kappa shape index (κ1) is 21.4. The molecule has 0 saturated heterocycles. The minimum absolute atomic E-state index is 0.133. The number of aryl methyl sites for hydroxylation is 1. The molecule has 0 aliphatic rings. The Morgan fingerprint density at radius 1 is 1.37 bits per heavy atom. The molecule has 0 radical (unpaired) electrons. The Balaban J connectivity index is 2.13. The zero-order valence-electron chi connectivity index (χ0n) is 16.3. The molecule has 1 amide bonds. The van der Waals surface area contributed by atoms with E-state index in [1.54, 1.807) is 30.9 Å². The first-order chi connectivity index (χ1) is 14.1. The summed E-state index contributed by atoms with van der Waals surface area (Å²) in [4.78, 5) is 16.0. The van der Waals surface area contributed by atoms with Gasteiger partial charge in [0.2, 0.25) is 5.91 Å². The minimum Gasteiger partial charge on any atom is -0.406 e. The number of rotatable bonds is 6. The molecule has 0 spiro atoms. The van der Waals surface area contributed by atoms with Crippen LogP contribution < -0.4 is 10.1 Å². The first-order valence-corrected chi connectivity index (χ1v) is 9.02. The molecule has 3 rings (SSSR count). The SMILES string of the molecule is C=CC(=O)NCc1cc(-c2ccc(OC(F)(F)F)cc2)c2ncn(C)c2c1[C@H](C)O. The summed E-state index contributed by atoms with van der Waals surface area (Å²) in [7, 11) is 1.78. The van der Waals surface area contributed by atoms with E-state index in [2.05, 4.69) is 21.6 Å². The van der Waals surface area contributed by atoms with Gasteiger partial charge in [0.15, 0.2) is 0 Å². The fourth-order valence-corrected chi connectivity index (χ4v) is 3.34. The number of amides is 1. The maximum atomic E-state index is 12.4. The van der Waals surface area contributed by atoms with Crippen molar-refractivity contribution in [3.8, 4) is 16.9 Å². The number of nitrogens with zero attached hydrogens (tertiary/aromatic N) is 2. The van der Waals surface area contributed by atoms with Crippen LogP contribution in [-0.2, 0) is 18.4 Å². The first-order valence-electron chi connectivity index (χ1n) is 9.02. The Labute approximate surface area is 170 Å². The van der Waals surface area contributed by atoms with Crippen molar-refractivity contribution in [2.45, 2.75) is 25.9 Å². The Bertz CT molecular complexity index is 1090. The van der Waals surface area contributed by atoms with E-state index in [1.807, 2.05) is 0 Å². The molecule has 0 bridgehead atoms. The van der Waals surface area contributed by atoms with Crippen LogP contribution in [0.25, 0.3) is 22.2 Å². The second-order valence-corrected chi connectivity index (χ2v) is 6.72. The van der Waals surface area contributed by atoms with E-state index in [-0.39, 0.29) is 18.2 Å². The van der Waals surface area contributed by atoms with Crippen LogP contribution in [-0.4, -0.2) is 26.9 Å². The third kappa shape index (κ3) is 4.46. The summed E-state index contributed by atoms with van der Waals surface area (Å²) in [6.07, 6.45) is -2.88. The maximum Gasteiger partial charge on any atom is 0.573 e.